The van der Waals surface area contributed by atoms with Crippen molar-refractivity contribution in [3.05, 3.63) is 134 Å². The summed E-state index contributed by atoms with van der Waals surface area (Å²) in [7, 11) is 0. The molecule has 0 bridgehead atoms. The van der Waals surface area contributed by atoms with Crippen LogP contribution < -0.4 is 0 Å². The molecule has 0 aliphatic heterocycles. The van der Waals surface area contributed by atoms with Gasteiger partial charge in [-0.25, -0.2) is 0 Å². The highest BCUT2D eigenvalue weighted by atomic mass is 16.6. The number of hydrogen-bond acceptors (Lipinski definition) is 6. The van der Waals surface area contributed by atoms with Crippen LogP contribution in [0.25, 0.3) is 0 Å². The topological polar surface area (TPSA) is 78.9 Å². The van der Waals surface area contributed by atoms with Gasteiger partial charge in [-0.05, 0) is 116 Å². The Morgan fingerprint density at radius 3 is 0.772 bits per heavy atom. The molecule has 0 radical (unpaired) electrons. The fourth-order valence-corrected chi connectivity index (χ4v) is 8.83. The zero-order valence-electron chi connectivity index (χ0n) is 51.3. The SMILES string of the molecule is CC/C=C\C/C=C\C/C=C\C/C=C\C/C=C\C/C=C\C/C=C\CCCCCCCCCCCC(=O)OCC(COC(=O)CCCCCCCCCCCCC)OC(=O)CCCCCCCC/C=C\C/C=C\C/C=C\C/C=C\CC. The molecule has 0 aromatic rings. The molecule has 0 fully saturated rings. The van der Waals surface area contributed by atoms with Gasteiger partial charge in [-0.15, -0.1) is 0 Å². The maximum atomic E-state index is 12.9. The van der Waals surface area contributed by atoms with Crippen molar-refractivity contribution in [2.45, 2.75) is 297 Å². The predicted molar refractivity (Wildman–Crippen MR) is 343 cm³/mol. The van der Waals surface area contributed by atoms with Crippen molar-refractivity contribution >= 4 is 17.9 Å². The second-order valence-electron chi connectivity index (χ2n) is 21.3. The third-order valence-electron chi connectivity index (χ3n) is 13.7. The Hall–Kier alpha value is -4.45. The van der Waals surface area contributed by atoms with Gasteiger partial charge in [0.15, 0.2) is 6.10 Å². The molecule has 0 amide bonds. The lowest BCUT2D eigenvalue weighted by molar-refractivity contribution is -0.167. The maximum Gasteiger partial charge on any atom is 0.306 e. The van der Waals surface area contributed by atoms with E-state index in [9.17, 15) is 14.4 Å². The molecule has 0 aliphatic rings. The molecule has 448 valence electrons. The van der Waals surface area contributed by atoms with Gasteiger partial charge in [0.25, 0.3) is 0 Å². The Labute approximate surface area is 487 Å². The minimum atomic E-state index is -0.791. The van der Waals surface area contributed by atoms with Gasteiger partial charge in [0.1, 0.15) is 13.2 Å². The van der Waals surface area contributed by atoms with E-state index in [4.69, 9.17) is 14.2 Å². The summed E-state index contributed by atoms with van der Waals surface area (Å²) in [6, 6.07) is 0. The largest absolute Gasteiger partial charge is 0.462 e. The van der Waals surface area contributed by atoms with Crippen LogP contribution in [0.15, 0.2) is 134 Å². The lowest BCUT2D eigenvalue weighted by Gasteiger charge is -2.18. The van der Waals surface area contributed by atoms with Crippen LogP contribution in [0.5, 0.6) is 0 Å². The van der Waals surface area contributed by atoms with Gasteiger partial charge < -0.3 is 14.2 Å². The van der Waals surface area contributed by atoms with Gasteiger partial charge in [-0.3, -0.25) is 14.4 Å². The third-order valence-corrected chi connectivity index (χ3v) is 13.7. The molecule has 0 aromatic heterocycles. The van der Waals surface area contributed by atoms with E-state index in [-0.39, 0.29) is 31.1 Å². The average Bonchev–Trinajstić information content (AvgIpc) is 3.45. The summed E-state index contributed by atoms with van der Waals surface area (Å²) < 4.78 is 16.9. The predicted octanol–water partition coefficient (Wildman–Crippen LogP) is 22.5. The van der Waals surface area contributed by atoms with Crippen LogP contribution in [0.2, 0.25) is 0 Å². The highest BCUT2D eigenvalue weighted by Gasteiger charge is 2.19. The highest BCUT2D eigenvalue weighted by Crippen LogP contribution is 2.16. The van der Waals surface area contributed by atoms with Crippen molar-refractivity contribution in [2.24, 2.45) is 0 Å². The number of esters is 3. The molecule has 6 nitrogen and oxygen atoms in total. The van der Waals surface area contributed by atoms with Crippen molar-refractivity contribution in [2.75, 3.05) is 13.2 Å². The van der Waals surface area contributed by atoms with E-state index in [1.54, 1.807) is 0 Å². The molecule has 0 saturated carbocycles. The van der Waals surface area contributed by atoms with Crippen molar-refractivity contribution in [3.8, 4) is 0 Å². The lowest BCUT2D eigenvalue weighted by Crippen LogP contribution is -2.30. The van der Waals surface area contributed by atoms with E-state index in [0.717, 1.165) is 148 Å². The van der Waals surface area contributed by atoms with Crippen LogP contribution in [-0.4, -0.2) is 37.2 Å². The molecule has 0 aliphatic carbocycles. The Bertz CT molecular complexity index is 1680. The first-order valence-corrected chi connectivity index (χ1v) is 32.7. The number of ether oxygens (including phenoxy) is 3. The molecular formula is C73H120O6. The molecule has 1 atom stereocenters. The van der Waals surface area contributed by atoms with Crippen molar-refractivity contribution in [1.29, 1.82) is 0 Å². The van der Waals surface area contributed by atoms with E-state index >= 15 is 0 Å². The van der Waals surface area contributed by atoms with Crippen molar-refractivity contribution in [1.82, 2.24) is 0 Å². The number of hydrogen-bond donors (Lipinski definition) is 0. The van der Waals surface area contributed by atoms with Crippen molar-refractivity contribution < 1.29 is 28.6 Å². The van der Waals surface area contributed by atoms with E-state index in [2.05, 4.69) is 154 Å². The third kappa shape index (κ3) is 64.3. The monoisotopic (exact) mass is 1090 g/mol. The number of allylic oxidation sites excluding steroid dienone is 22. The Morgan fingerprint density at radius 1 is 0.266 bits per heavy atom. The van der Waals surface area contributed by atoms with Gasteiger partial charge >= 0.3 is 17.9 Å². The van der Waals surface area contributed by atoms with Crippen LogP contribution in [-0.2, 0) is 28.6 Å². The number of carbonyl (C=O) groups is 3. The second-order valence-corrected chi connectivity index (χ2v) is 21.3. The summed E-state index contributed by atoms with van der Waals surface area (Å²) in [6.45, 7) is 6.40. The van der Waals surface area contributed by atoms with Crippen LogP contribution in [0, 0.1) is 0 Å². The second kappa shape index (κ2) is 66.1. The molecule has 79 heavy (non-hydrogen) atoms. The summed E-state index contributed by atoms with van der Waals surface area (Å²) in [5, 5.41) is 0. The number of unbranched alkanes of at least 4 members (excludes halogenated alkanes) is 25. The lowest BCUT2D eigenvalue weighted by atomic mass is 10.1. The van der Waals surface area contributed by atoms with Gasteiger partial charge in [0.05, 0.1) is 0 Å². The van der Waals surface area contributed by atoms with E-state index < -0.39 is 6.10 Å². The maximum absolute atomic E-state index is 12.9. The van der Waals surface area contributed by atoms with Crippen molar-refractivity contribution in [3.63, 3.8) is 0 Å². The highest BCUT2D eigenvalue weighted by molar-refractivity contribution is 5.71. The van der Waals surface area contributed by atoms with Crippen LogP contribution in [0.3, 0.4) is 0 Å². The fourth-order valence-electron chi connectivity index (χ4n) is 8.83. The molecule has 0 spiro atoms. The average molecular weight is 1090 g/mol. The minimum absolute atomic E-state index is 0.0864. The van der Waals surface area contributed by atoms with Gasteiger partial charge in [-0.1, -0.05) is 289 Å². The summed E-state index contributed by atoms with van der Waals surface area (Å²) in [6.07, 6.45) is 93.2. The van der Waals surface area contributed by atoms with Gasteiger partial charge in [-0.2, -0.15) is 0 Å². The molecular weight excluding hydrogens is 973 g/mol. The van der Waals surface area contributed by atoms with Gasteiger partial charge in [0.2, 0.25) is 0 Å². The molecule has 0 saturated heterocycles. The van der Waals surface area contributed by atoms with E-state index in [1.807, 2.05) is 0 Å². The molecule has 0 rings (SSSR count). The minimum Gasteiger partial charge on any atom is -0.462 e. The first kappa shape index (κ1) is 74.5. The molecule has 6 heteroatoms. The summed E-state index contributed by atoms with van der Waals surface area (Å²) in [5.74, 6) is -0.904. The number of rotatable bonds is 58. The van der Waals surface area contributed by atoms with Crippen LogP contribution in [0.1, 0.15) is 290 Å². The first-order valence-electron chi connectivity index (χ1n) is 32.7. The van der Waals surface area contributed by atoms with E-state index in [1.165, 1.54) is 103 Å². The quantitative estimate of drug-likeness (QED) is 0.0261. The van der Waals surface area contributed by atoms with Crippen LogP contribution >= 0.6 is 0 Å². The molecule has 1 unspecified atom stereocenters. The Balaban J connectivity index is 4.29. The molecule has 0 heterocycles. The number of carbonyl (C=O) groups excluding carboxylic acids is 3. The van der Waals surface area contributed by atoms with Crippen LogP contribution in [0.4, 0.5) is 0 Å². The zero-order valence-corrected chi connectivity index (χ0v) is 51.3. The Morgan fingerprint density at radius 2 is 0.494 bits per heavy atom. The smallest absolute Gasteiger partial charge is 0.306 e. The summed E-state index contributed by atoms with van der Waals surface area (Å²) >= 11 is 0. The molecule has 0 N–H and O–H groups in total. The standard InChI is InChI=1S/C73H120O6/c1-4-7-10-13-16-19-22-24-26-28-30-31-32-33-34-35-36-37-38-39-40-41-43-44-46-48-51-54-57-60-63-66-72(75)78-69-70(68-77-71(74)65-62-59-56-53-50-21-18-15-12-9-6-3)79-73(76)67-64-61-58-55-52-49-47-45-42-29-27-25-23-20-17-14-11-8-5-2/h7-8,10-11,16-17,19-20,24-27,30-31,33-34,36-37,39-40,42,45,70H,4-6,9,12-15,18,21-23,28-29,32,35,38,41,43-44,46-69H2,1-3H3/b10-7-,11-8-,19-16-,20-17-,26-24-,27-25-,31-30-,34-33-,37-36-,40-39-,45-42-. The fraction of sp³-hybridized carbons (Fsp3) is 0.658. The molecule has 0 aromatic carbocycles. The summed E-state index contributed by atoms with van der Waals surface area (Å²) in [5.41, 5.74) is 0. The van der Waals surface area contributed by atoms with Gasteiger partial charge in [0, 0.05) is 19.3 Å². The summed E-state index contributed by atoms with van der Waals surface area (Å²) in [4.78, 5) is 38.3. The van der Waals surface area contributed by atoms with E-state index in [0.29, 0.717) is 19.3 Å². The Kier molecular flexibility index (Phi) is 62.3. The first-order chi connectivity index (χ1) is 39.0. The normalized spacial score (nSPS) is 13.0. The zero-order chi connectivity index (χ0) is 57.1.